The summed E-state index contributed by atoms with van der Waals surface area (Å²) in [5.74, 6) is 0. The van der Waals surface area contributed by atoms with Crippen molar-refractivity contribution in [3.63, 3.8) is 0 Å². The number of rotatable bonds is 7. The molecule has 0 aliphatic heterocycles. The summed E-state index contributed by atoms with van der Waals surface area (Å²) in [6.07, 6.45) is 3.21. The molecule has 0 fully saturated rings. The zero-order chi connectivity index (χ0) is 15.5. The van der Waals surface area contributed by atoms with Crippen LogP contribution in [-0.4, -0.2) is 43.8 Å². The minimum absolute atomic E-state index is 0.603. The van der Waals surface area contributed by atoms with E-state index in [2.05, 4.69) is 34.2 Å². The molecular weight excluding hydrogens is 286 g/mol. The Labute approximate surface area is 126 Å². The fourth-order valence-electron chi connectivity index (χ4n) is 2.46. The highest BCUT2D eigenvalue weighted by Crippen LogP contribution is 2.21. The summed E-state index contributed by atoms with van der Waals surface area (Å²) in [7, 11) is -3.23. The lowest BCUT2D eigenvalue weighted by atomic mass is 10.2. The molecule has 0 atom stereocenters. The van der Waals surface area contributed by atoms with Gasteiger partial charge in [0.2, 0.25) is 10.0 Å². The number of nitrogens with one attached hydrogen (secondary N) is 1. The van der Waals surface area contributed by atoms with E-state index in [1.165, 1.54) is 0 Å². The van der Waals surface area contributed by atoms with Crippen LogP contribution in [0.5, 0.6) is 0 Å². The van der Waals surface area contributed by atoms with Crippen molar-refractivity contribution in [3.8, 4) is 0 Å². The predicted octanol–water partition coefficient (Wildman–Crippen LogP) is 2.35. The van der Waals surface area contributed by atoms with E-state index >= 15 is 0 Å². The van der Waals surface area contributed by atoms with Crippen LogP contribution in [0.3, 0.4) is 0 Å². The standard InChI is InChI=1S/C15H23N3O2S/c1-4-17(5-2)10-11-18-9-8-13-12-14(6-7-15(13)18)16-21(3,19)20/h6-9,12,16H,4-5,10-11H2,1-3H3. The molecule has 0 spiro atoms. The average molecular weight is 309 g/mol. The van der Waals surface area contributed by atoms with Crippen LogP contribution < -0.4 is 4.72 Å². The molecule has 2 aromatic rings. The number of likely N-dealkylation sites (N-methyl/N-ethyl adjacent to an activating group) is 1. The fraction of sp³-hybridized carbons (Fsp3) is 0.467. The van der Waals surface area contributed by atoms with Crippen molar-refractivity contribution in [2.75, 3.05) is 30.6 Å². The lowest BCUT2D eigenvalue weighted by Crippen LogP contribution is -2.26. The van der Waals surface area contributed by atoms with E-state index < -0.39 is 10.0 Å². The number of anilines is 1. The van der Waals surface area contributed by atoms with Crippen LogP contribution >= 0.6 is 0 Å². The van der Waals surface area contributed by atoms with Crippen LogP contribution in [0.15, 0.2) is 30.5 Å². The highest BCUT2D eigenvalue weighted by atomic mass is 32.2. The fourth-order valence-corrected chi connectivity index (χ4v) is 3.02. The molecule has 1 aromatic carbocycles. The largest absolute Gasteiger partial charge is 0.346 e. The monoisotopic (exact) mass is 309 g/mol. The summed E-state index contributed by atoms with van der Waals surface area (Å²) in [5, 5.41) is 1.04. The summed E-state index contributed by atoms with van der Waals surface area (Å²) in [6.45, 7) is 8.39. The van der Waals surface area contributed by atoms with Crippen LogP contribution in [0.2, 0.25) is 0 Å². The van der Waals surface area contributed by atoms with E-state index in [1.807, 2.05) is 18.2 Å². The highest BCUT2D eigenvalue weighted by molar-refractivity contribution is 7.92. The normalized spacial score (nSPS) is 12.2. The zero-order valence-corrected chi connectivity index (χ0v) is 13.7. The minimum atomic E-state index is -3.23. The van der Waals surface area contributed by atoms with Crippen molar-refractivity contribution in [1.82, 2.24) is 9.47 Å². The van der Waals surface area contributed by atoms with Crippen LogP contribution in [-0.2, 0) is 16.6 Å². The van der Waals surface area contributed by atoms with Gasteiger partial charge >= 0.3 is 0 Å². The Bertz CT molecular complexity index is 703. The first-order valence-electron chi connectivity index (χ1n) is 7.22. The second-order valence-electron chi connectivity index (χ2n) is 5.18. The maximum atomic E-state index is 11.3. The maximum Gasteiger partial charge on any atom is 0.229 e. The topological polar surface area (TPSA) is 54.3 Å². The molecule has 0 aliphatic carbocycles. The second-order valence-corrected chi connectivity index (χ2v) is 6.93. The molecule has 0 unspecified atom stereocenters. The number of sulfonamides is 1. The lowest BCUT2D eigenvalue weighted by Gasteiger charge is -2.18. The molecular formula is C15H23N3O2S. The third-order valence-electron chi connectivity index (χ3n) is 3.63. The van der Waals surface area contributed by atoms with Gasteiger partial charge in [0.1, 0.15) is 0 Å². The summed E-state index contributed by atoms with van der Waals surface area (Å²) < 4.78 is 27.2. The van der Waals surface area contributed by atoms with E-state index in [1.54, 1.807) is 6.07 Å². The van der Waals surface area contributed by atoms with Gasteiger partial charge in [0.15, 0.2) is 0 Å². The van der Waals surface area contributed by atoms with Crippen LogP contribution in [0.1, 0.15) is 13.8 Å². The molecule has 1 heterocycles. The van der Waals surface area contributed by atoms with Gasteiger partial charge < -0.3 is 9.47 Å². The van der Waals surface area contributed by atoms with Gasteiger partial charge in [-0.1, -0.05) is 13.8 Å². The first-order chi connectivity index (χ1) is 9.93. The first-order valence-corrected chi connectivity index (χ1v) is 9.11. The van der Waals surface area contributed by atoms with Crippen LogP contribution in [0.4, 0.5) is 5.69 Å². The predicted molar refractivity (Wildman–Crippen MR) is 88.2 cm³/mol. The van der Waals surface area contributed by atoms with Crippen LogP contribution in [0.25, 0.3) is 10.9 Å². The van der Waals surface area contributed by atoms with Gasteiger partial charge in [-0.05, 0) is 37.4 Å². The van der Waals surface area contributed by atoms with Crippen molar-refractivity contribution < 1.29 is 8.42 Å². The molecule has 116 valence electrons. The Hall–Kier alpha value is -1.53. The number of benzene rings is 1. The van der Waals surface area contributed by atoms with Gasteiger partial charge in [0.05, 0.1) is 6.26 Å². The van der Waals surface area contributed by atoms with Gasteiger partial charge in [-0.25, -0.2) is 8.42 Å². The number of fused-ring (bicyclic) bond motifs is 1. The van der Waals surface area contributed by atoms with Crippen molar-refractivity contribution in [3.05, 3.63) is 30.5 Å². The third kappa shape index (κ3) is 4.22. The Morgan fingerprint density at radius 3 is 2.52 bits per heavy atom. The molecule has 0 bridgehead atoms. The Morgan fingerprint density at radius 1 is 1.19 bits per heavy atom. The SMILES string of the molecule is CCN(CC)CCn1ccc2cc(NS(C)(=O)=O)ccc21. The Balaban J connectivity index is 2.17. The van der Waals surface area contributed by atoms with E-state index in [9.17, 15) is 8.42 Å². The minimum Gasteiger partial charge on any atom is -0.346 e. The summed E-state index contributed by atoms with van der Waals surface area (Å²) in [6, 6.07) is 7.65. The summed E-state index contributed by atoms with van der Waals surface area (Å²) in [4.78, 5) is 2.38. The van der Waals surface area contributed by atoms with Crippen molar-refractivity contribution in [2.45, 2.75) is 20.4 Å². The molecule has 6 heteroatoms. The molecule has 1 aromatic heterocycles. The molecule has 0 radical (unpaired) electrons. The summed E-state index contributed by atoms with van der Waals surface area (Å²) >= 11 is 0. The smallest absolute Gasteiger partial charge is 0.229 e. The van der Waals surface area contributed by atoms with Gasteiger partial charge in [0.25, 0.3) is 0 Å². The molecule has 0 aliphatic rings. The van der Waals surface area contributed by atoms with Crippen LogP contribution in [0, 0.1) is 0 Å². The maximum absolute atomic E-state index is 11.3. The molecule has 0 saturated heterocycles. The van der Waals surface area contributed by atoms with Crippen molar-refractivity contribution in [1.29, 1.82) is 0 Å². The number of hydrogen-bond donors (Lipinski definition) is 1. The lowest BCUT2D eigenvalue weighted by molar-refractivity contribution is 0.292. The average Bonchev–Trinajstić information content (AvgIpc) is 2.80. The Kier molecular flexibility index (Phi) is 4.90. The molecule has 2 rings (SSSR count). The van der Waals surface area contributed by atoms with Crippen molar-refractivity contribution >= 4 is 26.6 Å². The van der Waals surface area contributed by atoms with Gasteiger partial charge in [0, 0.05) is 35.9 Å². The van der Waals surface area contributed by atoms with E-state index in [4.69, 9.17) is 0 Å². The zero-order valence-electron chi connectivity index (χ0n) is 12.8. The third-order valence-corrected chi connectivity index (χ3v) is 4.23. The number of aromatic nitrogens is 1. The van der Waals surface area contributed by atoms with E-state index in [0.29, 0.717) is 5.69 Å². The van der Waals surface area contributed by atoms with Crippen molar-refractivity contribution in [2.24, 2.45) is 0 Å². The van der Waals surface area contributed by atoms with Gasteiger partial charge in [-0.15, -0.1) is 0 Å². The van der Waals surface area contributed by atoms with E-state index in [0.717, 1.165) is 43.3 Å². The molecule has 21 heavy (non-hydrogen) atoms. The first kappa shape index (κ1) is 15.9. The van der Waals surface area contributed by atoms with E-state index in [-0.39, 0.29) is 0 Å². The summed E-state index contributed by atoms with van der Waals surface area (Å²) in [5.41, 5.74) is 1.73. The quantitative estimate of drug-likeness (QED) is 0.854. The molecule has 0 saturated carbocycles. The molecule has 1 N–H and O–H groups in total. The highest BCUT2D eigenvalue weighted by Gasteiger charge is 2.06. The Morgan fingerprint density at radius 2 is 1.90 bits per heavy atom. The van der Waals surface area contributed by atoms with Gasteiger partial charge in [-0.2, -0.15) is 0 Å². The van der Waals surface area contributed by atoms with Gasteiger partial charge in [-0.3, -0.25) is 4.72 Å². The number of nitrogens with zero attached hydrogens (tertiary/aromatic N) is 2. The molecule has 0 amide bonds. The molecule has 5 nitrogen and oxygen atoms in total. The second kappa shape index (κ2) is 6.49. The number of hydrogen-bond acceptors (Lipinski definition) is 3.